The van der Waals surface area contributed by atoms with Crippen molar-refractivity contribution in [1.29, 1.82) is 0 Å². The normalized spacial score (nSPS) is 17.6. The summed E-state index contributed by atoms with van der Waals surface area (Å²) < 4.78 is 13.7. The zero-order valence-corrected chi connectivity index (χ0v) is 13.7. The molecule has 0 radical (unpaired) electrons. The third kappa shape index (κ3) is 3.84. The van der Waals surface area contributed by atoms with Gasteiger partial charge < -0.3 is 5.11 Å². The molecule has 0 bridgehead atoms. The van der Waals surface area contributed by atoms with Gasteiger partial charge in [-0.3, -0.25) is 4.90 Å². The topological polar surface area (TPSA) is 23.5 Å². The molecule has 24 heavy (non-hydrogen) atoms. The molecule has 1 fully saturated rings. The van der Waals surface area contributed by atoms with E-state index >= 15 is 0 Å². The van der Waals surface area contributed by atoms with Crippen LogP contribution in [0, 0.1) is 17.7 Å². The Hall–Kier alpha value is -2.15. The number of benzene rings is 2. The molecule has 124 valence electrons. The Morgan fingerprint density at radius 1 is 0.958 bits per heavy atom. The van der Waals surface area contributed by atoms with Crippen molar-refractivity contribution in [2.45, 2.75) is 24.9 Å². The average Bonchev–Trinajstić information content (AvgIpc) is 2.63. The van der Waals surface area contributed by atoms with Crippen molar-refractivity contribution in [1.82, 2.24) is 4.90 Å². The lowest BCUT2D eigenvalue weighted by Gasteiger charge is -2.25. The number of halogens is 1. The molecule has 2 aromatic carbocycles. The highest BCUT2D eigenvalue weighted by atomic mass is 19.1. The Morgan fingerprint density at radius 2 is 1.67 bits per heavy atom. The minimum atomic E-state index is -1.50. The van der Waals surface area contributed by atoms with Gasteiger partial charge in [0.15, 0.2) is 5.60 Å². The third-order valence-corrected chi connectivity index (χ3v) is 4.45. The van der Waals surface area contributed by atoms with Gasteiger partial charge in [0.2, 0.25) is 0 Å². The molecule has 1 aliphatic rings. The van der Waals surface area contributed by atoms with E-state index < -0.39 is 5.60 Å². The molecule has 3 rings (SSSR count). The highest BCUT2D eigenvalue weighted by Crippen LogP contribution is 2.29. The monoisotopic (exact) mass is 323 g/mol. The van der Waals surface area contributed by atoms with Crippen molar-refractivity contribution in [2.75, 3.05) is 19.6 Å². The van der Waals surface area contributed by atoms with E-state index in [4.69, 9.17) is 0 Å². The molecule has 0 aromatic heterocycles. The Kier molecular flexibility index (Phi) is 5.30. The molecule has 0 spiro atoms. The predicted octanol–water partition coefficient (Wildman–Crippen LogP) is 3.55. The van der Waals surface area contributed by atoms with Gasteiger partial charge in [-0.2, -0.15) is 0 Å². The first-order chi connectivity index (χ1) is 11.7. The van der Waals surface area contributed by atoms with Crippen molar-refractivity contribution < 1.29 is 9.50 Å². The largest absolute Gasteiger partial charge is 0.369 e. The summed E-state index contributed by atoms with van der Waals surface area (Å²) >= 11 is 0. The molecule has 1 atom stereocenters. The lowest BCUT2D eigenvalue weighted by molar-refractivity contribution is 0.144. The van der Waals surface area contributed by atoms with Gasteiger partial charge in [-0.05, 0) is 38.1 Å². The van der Waals surface area contributed by atoms with Crippen molar-refractivity contribution in [2.24, 2.45) is 0 Å². The van der Waals surface area contributed by atoms with Gasteiger partial charge in [-0.15, -0.1) is 0 Å². The van der Waals surface area contributed by atoms with E-state index in [1.807, 2.05) is 30.3 Å². The van der Waals surface area contributed by atoms with Gasteiger partial charge in [-0.25, -0.2) is 4.39 Å². The summed E-state index contributed by atoms with van der Waals surface area (Å²) in [5.41, 5.74) is -0.388. The summed E-state index contributed by atoms with van der Waals surface area (Å²) in [4.78, 5) is 2.30. The molecule has 1 aliphatic heterocycles. The van der Waals surface area contributed by atoms with E-state index in [1.54, 1.807) is 12.1 Å². The van der Waals surface area contributed by atoms with Gasteiger partial charge in [-0.1, -0.05) is 60.7 Å². The maximum Gasteiger partial charge on any atom is 0.177 e. The van der Waals surface area contributed by atoms with Crippen LogP contribution in [0.25, 0.3) is 0 Å². The summed E-state index contributed by atoms with van der Waals surface area (Å²) in [6.07, 6.45) is 3.68. The van der Waals surface area contributed by atoms with Crippen LogP contribution in [0.1, 0.15) is 30.4 Å². The zero-order valence-electron chi connectivity index (χ0n) is 13.7. The summed E-state index contributed by atoms with van der Waals surface area (Å²) in [5, 5.41) is 11.2. The van der Waals surface area contributed by atoms with Crippen molar-refractivity contribution >= 4 is 0 Å². The van der Waals surface area contributed by atoms with Crippen molar-refractivity contribution in [3.05, 3.63) is 71.5 Å². The van der Waals surface area contributed by atoms with Gasteiger partial charge in [0.25, 0.3) is 0 Å². The fourth-order valence-corrected chi connectivity index (χ4v) is 3.10. The van der Waals surface area contributed by atoms with Gasteiger partial charge in [0.1, 0.15) is 5.82 Å². The first kappa shape index (κ1) is 16.7. The second kappa shape index (κ2) is 7.61. The average molecular weight is 323 g/mol. The number of nitrogens with zero attached hydrogens (tertiary/aromatic N) is 1. The van der Waals surface area contributed by atoms with Crippen LogP contribution >= 0.6 is 0 Å². The number of likely N-dealkylation sites (tertiary alicyclic amines) is 1. The van der Waals surface area contributed by atoms with E-state index in [2.05, 4.69) is 16.7 Å². The minimum Gasteiger partial charge on any atom is -0.369 e. The van der Waals surface area contributed by atoms with E-state index in [-0.39, 0.29) is 5.82 Å². The number of rotatable bonds is 3. The van der Waals surface area contributed by atoms with Gasteiger partial charge in [0.05, 0.1) is 6.54 Å². The van der Waals surface area contributed by atoms with Crippen LogP contribution in [0.2, 0.25) is 0 Å². The quantitative estimate of drug-likeness (QED) is 0.873. The van der Waals surface area contributed by atoms with Crippen LogP contribution in [-0.4, -0.2) is 29.6 Å². The molecule has 1 N–H and O–H groups in total. The molecule has 1 saturated heterocycles. The van der Waals surface area contributed by atoms with E-state index in [9.17, 15) is 9.50 Å². The molecule has 0 amide bonds. The van der Waals surface area contributed by atoms with Crippen molar-refractivity contribution in [3.63, 3.8) is 0 Å². The maximum atomic E-state index is 13.7. The molecule has 0 saturated carbocycles. The fraction of sp³-hybridized carbons (Fsp3) is 0.333. The number of hydrogen-bond donors (Lipinski definition) is 1. The van der Waals surface area contributed by atoms with Crippen LogP contribution in [-0.2, 0) is 5.60 Å². The van der Waals surface area contributed by atoms with E-state index in [0.717, 1.165) is 13.1 Å². The highest BCUT2D eigenvalue weighted by Gasteiger charge is 2.29. The molecular weight excluding hydrogens is 301 g/mol. The number of hydrogen-bond acceptors (Lipinski definition) is 2. The zero-order chi connectivity index (χ0) is 16.8. The second-order valence-electron chi connectivity index (χ2n) is 6.23. The third-order valence-electron chi connectivity index (χ3n) is 4.45. The summed E-state index contributed by atoms with van der Waals surface area (Å²) in [7, 11) is 0. The Bertz CT molecular complexity index is 728. The maximum absolute atomic E-state index is 13.7. The van der Waals surface area contributed by atoms with E-state index in [0.29, 0.717) is 17.7 Å². The smallest absolute Gasteiger partial charge is 0.177 e. The van der Waals surface area contributed by atoms with E-state index in [1.165, 1.54) is 31.4 Å². The summed E-state index contributed by atoms with van der Waals surface area (Å²) in [5.74, 6) is 5.74. The first-order valence-corrected chi connectivity index (χ1v) is 8.45. The molecule has 2 nitrogen and oxygen atoms in total. The molecule has 2 aromatic rings. The van der Waals surface area contributed by atoms with Crippen LogP contribution < -0.4 is 0 Å². The number of aliphatic hydroxyl groups is 1. The Labute approximate surface area is 142 Å². The molecule has 0 aliphatic carbocycles. The predicted molar refractivity (Wildman–Crippen MR) is 93.9 cm³/mol. The molecule has 3 heteroatoms. The van der Waals surface area contributed by atoms with Gasteiger partial charge >= 0.3 is 0 Å². The molecule has 1 unspecified atom stereocenters. The van der Waals surface area contributed by atoms with Crippen LogP contribution in [0.4, 0.5) is 4.39 Å². The van der Waals surface area contributed by atoms with Crippen LogP contribution in [0.5, 0.6) is 0 Å². The van der Waals surface area contributed by atoms with Crippen molar-refractivity contribution in [3.8, 4) is 11.8 Å². The Balaban J connectivity index is 1.91. The number of piperidine rings is 1. The summed E-state index contributed by atoms with van der Waals surface area (Å²) in [6.45, 7) is 2.74. The summed E-state index contributed by atoms with van der Waals surface area (Å²) in [6, 6.07) is 15.3. The van der Waals surface area contributed by atoms with Crippen LogP contribution in [0.3, 0.4) is 0 Å². The SMILES string of the molecule is OC(C#CCN1CCCCC1)(c1ccccc1)c1cccc(F)c1. The molecule has 1 heterocycles. The molecular formula is C21H22FNO. The highest BCUT2D eigenvalue weighted by molar-refractivity contribution is 5.44. The standard InChI is InChI=1S/C21H22FNO/c22-20-12-7-11-19(17-20)21(24,18-9-3-1-4-10-18)13-8-16-23-14-5-2-6-15-23/h1,3-4,7,9-12,17,24H,2,5-6,14-16H2. The fourth-order valence-electron chi connectivity index (χ4n) is 3.10. The first-order valence-electron chi connectivity index (χ1n) is 8.45. The second-order valence-corrected chi connectivity index (χ2v) is 6.23. The lowest BCUT2D eigenvalue weighted by atomic mass is 9.87. The Morgan fingerprint density at radius 3 is 2.38 bits per heavy atom. The lowest BCUT2D eigenvalue weighted by Crippen LogP contribution is -2.31. The van der Waals surface area contributed by atoms with Gasteiger partial charge in [0, 0.05) is 11.1 Å². The van der Waals surface area contributed by atoms with Crippen LogP contribution in [0.15, 0.2) is 54.6 Å². The minimum absolute atomic E-state index is 0.375.